The van der Waals surface area contributed by atoms with Crippen LogP contribution in [0.25, 0.3) is 10.9 Å². The highest BCUT2D eigenvalue weighted by Crippen LogP contribution is 2.34. The molecule has 0 fully saturated rings. The summed E-state index contributed by atoms with van der Waals surface area (Å²) in [5, 5.41) is 13.7. The summed E-state index contributed by atoms with van der Waals surface area (Å²) < 4.78 is 0. The van der Waals surface area contributed by atoms with Gasteiger partial charge in [0.15, 0.2) is 0 Å². The quantitative estimate of drug-likeness (QED) is 0.776. The Balaban J connectivity index is 2.04. The number of nitrogens with one attached hydrogen (secondary N) is 2. The zero-order valence-electron chi connectivity index (χ0n) is 10.8. The molecule has 2 aromatic rings. The standard InChI is InChI=1S/C15H20N2O/c1-10-5-6-13-12(9-10)11-3-2-4-14(15(11)17-13)16-7-8-18/h5-6,9,14,16-18H,2-4,7-8H2,1H3/t14-/m0/s1. The summed E-state index contributed by atoms with van der Waals surface area (Å²) in [5.74, 6) is 0. The molecule has 3 heteroatoms. The van der Waals surface area contributed by atoms with E-state index in [1.165, 1.54) is 34.1 Å². The van der Waals surface area contributed by atoms with Crippen molar-refractivity contribution in [2.45, 2.75) is 32.2 Å². The number of aryl methyl sites for hydroxylation is 2. The largest absolute Gasteiger partial charge is 0.395 e. The van der Waals surface area contributed by atoms with E-state index in [1.807, 2.05) is 0 Å². The molecular formula is C15H20N2O. The summed E-state index contributed by atoms with van der Waals surface area (Å²) in [4.78, 5) is 3.56. The van der Waals surface area contributed by atoms with Gasteiger partial charge >= 0.3 is 0 Å². The van der Waals surface area contributed by atoms with Gasteiger partial charge in [0.1, 0.15) is 0 Å². The molecule has 0 amide bonds. The van der Waals surface area contributed by atoms with Gasteiger partial charge in [-0.3, -0.25) is 0 Å². The SMILES string of the molecule is Cc1ccc2[nH]c3c(c2c1)CCC[C@@H]3NCCO. The molecule has 0 saturated heterocycles. The number of hydrogen-bond donors (Lipinski definition) is 3. The molecule has 1 heterocycles. The van der Waals surface area contributed by atoms with Crippen LogP contribution in [0.15, 0.2) is 18.2 Å². The van der Waals surface area contributed by atoms with Crippen LogP contribution in [-0.2, 0) is 6.42 Å². The third-order valence-electron chi connectivity index (χ3n) is 3.87. The van der Waals surface area contributed by atoms with E-state index in [0.717, 1.165) is 12.8 Å². The molecule has 1 aliphatic rings. The Bertz CT molecular complexity index is 559. The fourth-order valence-electron chi connectivity index (χ4n) is 3.02. The average molecular weight is 244 g/mol. The second-order valence-corrected chi connectivity index (χ2v) is 5.19. The van der Waals surface area contributed by atoms with E-state index in [-0.39, 0.29) is 6.61 Å². The first kappa shape index (κ1) is 11.8. The number of aliphatic hydroxyl groups excluding tert-OH is 1. The molecule has 1 atom stereocenters. The van der Waals surface area contributed by atoms with Gasteiger partial charge in [0, 0.05) is 29.2 Å². The van der Waals surface area contributed by atoms with Crippen molar-refractivity contribution in [3.05, 3.63) is 35.0 Å². The molecule has 0 bridgehead atoms. The Labute approximate surface area is 107 Å². The number of hydrogen-bond acceptors (Lipinski definition) is 2. The fraction of sp³-hybridized carbons (Fsp3) is 0.467. The van der Waals surface area contributed by atoms with Gasteiger partial charge in [-0.2, -0.15) is 0 Å². The topological polar surface area (TPSA) is 48.0 Å². The molecule has 0 saturated carbocycles. The summed E-state index contributed by atoms with van der Waals surface area (Å²) in [6.07, 6.45) is 3.53. The third kappa shape index (κ3) is 1.93. The van der Waals surface area contributed by atoms with Crippen molar-refractivity contribution in [3.8, 4) is 0 Å². The van der Waals surface area contributed by atoms with Crippen LogP contribution < -0.4 is 5.32 Å². The van der Waals surface area contributed by atoms with E-state index >= 15 is 0 Å². The van der Waals surface area contributed by atoms with E-state index in [1.54, 1.807) is 0 Å². The molecule has 0 aliphatic heterocycles. The number of fused-ring (bicyclic) bond motifs is 3. The van der Waals surface area contributed by atoms with E-state index in [2.05, 4.69) is 35.4 Å². The molecule has 96 valence electrons. The lowest BCUT2D eigenvalue weighted by molar-refractivity contribution is 0.280. The second-order valence-electron chi connectivity index (χ2n) is 5.19. The van der Waals surface area contributed by atoms with Gasteiger partial charge in [0.05, 0.1) is 6.61 Å². The lowest BCUT2D eigenvalue weighted by Gasteiger charge is -2.23. The number of H-pyrrole nitrogens is 1. The maximum absolute atomic E-state index is 8.95. The maximum Gasteiger partial charge on any atom is 0.0556 e. The first-order valence-corrected chi connectivity index (χ1v) is 6.75. The predicted octanol–water partition coefficient (Wildman–Crippen LogP) is 2.44. The minimum absolute atomic E-state index is 0.200. The first-order valence-electron chi connectivity index (χ1n) is 6.75. The molecule has 1 aromatic heterocycles. The number of aliphatic hydroxyl groups is 1. The molecule has 3 N–H and O–H groups in total. The van der Waals surface area contributed by atoms with Crippen molar-refractivity contribution in [1.82, 2.24) is 10.3 Å². The lowest BCUT2D eigenvalue weighted by Crippen LogP contribution is -2.27. The molecule has 0 unspecified atom stereocenters. The zero-order chi connectivity index (χ0) is 12.5. The minimum atomic E-state index is 0.200. The van der Waals surface area contributed by atoms with Crippen LogP contribution in [0.5, 0.6) is 0 Å². The van der Waals surface area contributed by atoms with Crippen LogP contribution in [0.3, 0.4) is 0 Å². The number of rotatable bonds is 3. The highest BCUT2D eigenvalue weighted by atomic mass is 16.3. The molecule has 0 radical (unpaired) electrons. The summed E-state index contributed by atoms with van der Waals surface area (Å²) in [6, 6.07) is 6.97. The van der Waals surface area contributed by atoms with E-state index in [0.29, 0.717) is 12.6 Å². The van der Waals surface area contributed by atoms with Gasteiger partial charge in [-0.1, -0.05) is 11.6 Å². The van der Waals surface area contributed by atoms with Crippen molar-refractivity contribution in [3.63, 3.8) is 0 Å². The van der Waals surface area contributed by atoms with Crippen molar-refractivity contribution < 1.29 is 5.11 Å². The zero-order valence-corrected chi connectivity index (χ0v) is 10.8. The van der Waals surface area contributed by atoms with Crippen molar-refractivity contribution in [2.75, 3.05) is 13.2 Å². The number of benzene rings is 1. The van der Waals surface area contributed by atoms with Crippen LogP contribution in [0.4, 0.5) is 0 Å². The van der Waals surface area contributed by atoms with Gasteiger partial charge in [-0.05, 0) is 43.9 Å². The first-order chi connectivity index (χ1) is 8.79. The Kier molecular flexibility index (Phi) is 3.10. The number of aromatic amines is 1. The summed E-state index contributed by atoms with van der Waals surface area (Å²) >= 11 is 0. The monoisotopic (exact) mass is 244 g/mol. The Morgan fingerprint density at radius 1 is 1.44 bits per heavy atom. The van der Waals surface area contributed by atoms with Crippen molar-refractivity contribution in [2.24, 2.45) is 0 Å². The van der Waals surface area contributed by atoms with Gasteiger partial charge in [0.2, 0.25) is 0 Å². The molecule has 18 heavy (non-hydrogen) atoms. The van der Waals surface area contributed by atoms with Crippen LogP contribution in [0.2, 0.25) is 0 Å². The fourth-order valence-corrected chi connectivity index (χ4v) is 3.02. The molecule has 1 aliphatic carbocycles. The smallest absolute Gasteiger partial charge is 0.0556 e. The highest BCUT2D eigenvalue weighted by molar-refractivity contribution is 5.85. The maximum atomic E-state index is 8.95. The molecular weight excluding hydrogens is 224 g/mol. The predicted molar refractivity (Wildman–Crippen MR) is 73.8 cm³/mol. The molecule has 3 rings (SSSR count). The van der Waals surface area contributed by atoms with Crippen LogP contribution in [0.1, 0.15) is 35.7 Å². The summed E-state index contributed by atoms with van der Waals surface area (Å²) in [5.41, 5.74) is 5.35. The molecule has 3 nitrogen and oxygen atoms in total. The Morgan fingerprint density at radius 3 is 3.17 bits per heavy atom. The van der Waals surface area contributed by atoms with E-state index in [4.69, 9.17) is 5.11 Å². The minimum Gasteiger partial charge on any atom is -0.395 e. The van der Waals surface area contributed by atoms with Crippen LogP contribution in [0, 0.1) is 6.92 Å². The van der Waals surface area contributed by atoms with Gasteiger partial charge in [-0.25, -0.2) is 0 Å². The summed E-state index contributed by atoms with van der Waals surface area (Å²) in [6.45, 7) is 3.01. The average Bonchev–Trinajstić information content (AvgIpc) is 2.75. The summed E-state index contributed by atoms with van der Waals surface area (Å²) in [7, 11) is 0. The highest BCUT2D eigenvalue weighted by Gasteiger charge is 2.23. The van der Waals surface area contributed by atoms with Crippen molar-refractivity contribution >= 4 is 10.9 Å². The van der Waals surface area contributed by atoms with Gasteiger partial charge in [0.25, 0.3) is 0 Å². The van der Waals surface area contributed by atoms with E-state index < -0.39 is 0 Å². The van der Waals surface area contributed by atoms with Gasteiger partial charge < -0.3 is 15.4 Å². The third-order valence-corrected chi connectivity index (χ3v) is 3.87. The molecule has 1 aromatic carbocycles. The van der Waals surface area contributed by atoms with Gasteiger partial charge in [-0.15, -0.1) is 0 Å². The Hall–Kier alpha value is -1.32. The van der Waals surface area contributed by atoms with Crippen molar-refractivity contribution in [1.29, 1.82) is 0 Å². The lowest BCUT2D eigenvalue weighted by atomic mass is 9.91. The second kappa shape index (κ2) is 4.75. The molecule has 0 spiro atoms. The van der Waals surface area contributed by atoms with E-state index in [9.17, 15) is 0 Å². The normalized spacial score (nSPS) is 19.1. The Morgan fingerprint density at radius 2 is 2.33 bits per heavy atom. The van der Waals surface area contributed by atoms with Crippen LogP contribution >= 0.6 is 0 Å². The van der Waals surface area contributed by atoms with Crippen LogP contribution in [-0.4, -0.2) is 23.2 Å². The number of aromatic nitrogens is 1.